The van der Waals surface area contributed by atoms with E-state index in [1.54, 1.807) is 12.3 Å². The number of hydrogen-bond acceptors (Lipinski definition) is 3. The monoisotopic (exact) mass is 192 g/mol. The van der Waals surface area contributed by atoms with Gasteiger partial charge in [0.2, 0.25) is 5.91 Å². The first-order valence-corrected chi connectivity index (χ1v) is 4.30. The van der Waals surface area contributed by atoms with Gasteiger partial charge in [-0.05, 0) is 25.5 Å². The predicted molar refractivity (Wildman–Crippen MR) is 52.9 cm³/mol. The Morgan fingerprint density at radius 2 is 2.21 bits per heavy atom. The van der Waals surface area contributed by atoms with E-state index in [4.69, 9.17) is 0 Å². The van der Waals surface area contributed by atoms with Gasteiger partial charge < -0.3 is 5.32 Å². The lowest BCUT2D eigenvalue weighted by Crippen LogP contribution is -2.16. The molecule has 0 unspecified atom stereocenters. The molecule has 4 nitrogen and oxygen atoms in total. The van der Waals surface area contributed by atoms with Crippen molar-refractivity contribution in [2.75, 3.05) is 5.32 Å². The maximum atomic E-state index is 11.2. The summed E-state index contributed by atoms with van der Waals surface area (Å²) >= 11 is 0. The van der Waals surface area contributed by atoms with Crippen LogP contribution in [-0.2, 0) is 9.59 Å². The van der Waals surface area contributed by atoms with Crippen molar-refractivity contribution in [1.82, 2.24) is 4.98 Å². The van der Waals surface area contributed by atoms with Gasteiger partial charge >= 0.3 is 0 Å². The first-order chi connectivity index (χ1) is 6.59. The summed E-state index contributed by atoms with van der Waals surface area (Å²) in [6.45, 7) is 3.22. The molecule has 0 bridgehead atoms. The number of aryl methyl sites for hydroxylation is 1. The normalized spacial score (nSPS) is 9.57. The number of hydrogen-bond donors (Lipinski definition) is 1. The highest BCUT2D eigenvalue weighted by molar-refractivity contribution is 6.03. The summed E-state index contributed by atoms with van der Waals surface area (Å²) in [7, 11) is 0. The Kier molecular flexibility index (Phi) is 3.34. The Balaban J connectivity index is 2.65. The van der Waals surface area contributed by atoms with Crippen molar-refractivity contribution in [3.63, 3.8) is 0 Å². The van der Waals surface area contributed by atoms with Gasteiger partial charge in [-0.2, -0.15) is 0 Å². The number of Topliss-reactive ketones (excluding diaryl/α,β-unsaturated/α-hetero) is 1. The van der Waals surface area contributed by atoms with Gasteiger partial charge in [0.15, 0.2) is 0 Å². The van der Waals surface area contributed by atoms with E-state index < -0.39 is 0 Å². The van der Waals surface area contributed by atoms with E-state index in [1.165, 1.54) is 6.92 Å². The molecule has 0 atom stereocenters. The SMILES string of the molecule is CC(=O)CC(=O)Nc1ncccc1C. The van der Waals surface area contributed by atoms with Crippen molar-refractivity contribution in [2.24, 2.45) is 0 Å². The molecule has 0 aliphatic heterocycles. The molecule has 0 saturated carbocycles. The Morgan fingerprint density at radius 3 is 2.79 bits per heavy atom. The van der Waals surface area contributed by atoms with Gasteiger partial charge in [0, 0.05) is 6.20 Å². The van der Waals surface area contributed by atoms with Crippen molar-refractivity contribution in [2.45, 2.75) is 20.3 Å². The number of carbonyl (C=O) groups excluding carboxylic acids is 2. The molecule has 1 aromatic rings. The van der Waals surface area contributed by atoms with Crippen LogP contribution < -0.4 is 5.32 Å². The van der Waals surface area contributed by atoms with E-state index >= 15 is 0 Å². The molecule has 1 rings (SSSR count). The van der Waals surface area contributed by atoms with Crippen LogP contribution in [0.15, 0.2) is 18.3 Å². The molecule has 1 heterocycles. The minimum absolute atomic E-state index is 0.101. The number of amides is 1. The molecular formula is C10H12N2O2. The first kappa shape index (κ1) is 10.4. The summed E-state index contributed by atoms with van der Waals surface area (Å²) in [5, 5.41) is 2.57. The summed E-state index contributed by atoms with van der Waals surface area (Å²) in [6, 6.07) is 3.63. The maximum absolute atomic E-state index is 11.2. The third-order valence-corrected chi connectivity index (χ3v) is 1.68. The minimum Gasteiger partial charge on any atom is -0.310 e. The number of aromatic nitrogens is 1. The molecule has 0 aromatic carbocycles. The average Bonchev–Trinajstić information content (AvgIpc) is 2.07. The van der Waals surface area contributed by atoms with Crippen molar-refractivity contribution in [3.8, 4) is 0 Å². The molecule has 0 saturated heterocycles. The zero-order valence-corrected chi connectivity index (χ0v) is 8.20. The Labute approximate surface area is 82.3 Å². The van der Waals surface area contributed by atoms with Gasteiger partial charge in [-0.3, -0.25) is 9.59 Å². The van der Waals surface area contributed by atoms with Crippen LogP contribution in [0, 0.1) is 6.92 Å². The molecule has 1 aromatic heterocycles. The zero-order chi connectivity index (χ0) is 10.6. The number of carbonyl (C=O) groups is 2. The van der Waals surface area contributed by atoms with E-state index in [0.29, 0.717) is 5.82 Å². The quantitative estimate of drug-likeness (QED) is 0.734. The van der Waals surface area contributed by atoms with Gasteiger partial charge in [-0.1, -0.05) is 6.07 Å². The number of rotatable bonds is 3. The van der Waals surface area contributed by atoms with Gasteiger partial charge in [0.25, 0.3) is 0 Å². The van der Waals surface area contributed by atoms with Crippen LogP contribution in [0.3, 0.4) is 0 Å². The summed E-state index contributed by atoms with van der Waals surface area (Å²) < 4.78 is 0. The number of anilines is 1. The summed E-state index contributed by atoms with van der Waals surface area (Å²) in [5.41, 5.74) is 0.879. The first-order valence-electron chi connectivity index (χ1n) is 4.30. The van der Waals surface area contributed by atoms with Crippen LogP contribution in [0.4, 0.5) is 5.82 Å². The summed E-state index contributed by atoms with van der Waals surface area (Å²) in [5.74, 6) is 0.0362. The molecule has 0 spiro atoms. The standard InChI is InChI=1S/C10H12N2O2/c1-7-4-3-5-11-10(7)12-9(14)6-8(2)13/h3-5H,6H2,1-2H3,(H,11,12,14). The van der Waals surface area contributed by atoms with E-state index in [9.17, 15) is 9.59 Å². The maximum Gasteiger partial charge on any atom is 0.232 e. The van der Waals surface area contributed by atoms with E-state index in [0.717, 1.165) is 5.56 Å². The second-order valence-corrected chi connectivity index (χ2v) is 3.10. The van der Waals surface area contributed by atoms with E-state index in [2.05, 4.69) is 10.3 Å². The zero-order valence-electron chi connectivity index (χ0n) is 8.20. The lowest BCUT2D eigenvalue weighted by atomic mass is 10.2. The molecule has 1 amide bonds. The lowest BCUT2D eigenvalue weighted by Gasteiger charge is -2.04. The second kappa shape index (κ2) is 4.50. The number of nitrogens with zero attached hydrogens (tertiary/aromatic N) is 1. The van der Waals surface area contributed by atoms with Gasteiger partial charge in [0.05, 0.1) is 6.42 Å². The molecule has 0 radical (unpaired) electrons. The van der Waals surface area contributed by atoms with Crippen molar-refractivity contribution in [3.05, 3.63) is 23.9 Å². The fraction of sp³-hybridized carbons (Fsp3) is 0.300. The third kappa shape index (κ3) is 2.97. The molecule has 1 N–H and O–H groups in total. The molecule has 4 heteroatoms. The molecule has 0 fully saturated rings. The number of nitrogens with one attached hydrogen (secondary N) is 1. The van der Waals surface area contributed by atoms with Gasteiger partial charge in [-0.25, -0.2) is 4.98 Å². The van der Waals surface area contributed by atoms with Gasteiger partial charge in [0.1, 0.15) is 11.6 Å². The molecule has 14 heavy (non-hydrogen) atoms. The fourth-order valence-corrected chi connectivity index (χ4v) is 1.02. The topological polar surface area (TPSA) is 59.1 Å². The molecule has 74 valence electrons. The summed E-state index contributed by atoms with van der Waals surface area (Å²) in [6.07, 6.45) is 1.49. The number of ketones is 1. The smallest absolute Gasteiger partial charge is 0.232 e. The average molecular weight is 192 g/mol. The largest absolute Gasteiger partial charge is 0.310 e. The van der Waals surface area contributed by atoms with Crippen LogP contribution in [0.5, 0.6) is 0 Å². The van der Waals surface area contributed by atoms with Crippen LogP contribution >= 0.6 is 0 Å². The van der Waals surface area contributed by atoms with Crippen molar-refractivity contribution in [1.29, 1.82) is 0 Å². The van der Waals surface area contributed by atoms with Crippen LogP contribution in [0.2, 0.25) is 0 Å². The van der Waals surface area contributed by atoms with Gasteiger partial charge in [-0.15, -0.1) is 0 Å². The second-order valence-electron chi connectivity index (χ2n) is 3.10. The van der Waals surface area contributed by atoms with Crippen molar-refractivity contribution >= 4 is 17.5 Å². The Hall–Kier alpha value is -1.71. The van der Waals surface area contributed by atoms with Crippen LogP contribution in [0.25, 0.3) is 0 Å². The highest BCUT2D eigenvalue weighted by Gasteiger charge is 2.07. The number of pyridine rings is 1. The highest BCUT2D eigenvalue weighted by atomic mass is 16.2. The van der Waals surface area contributed by atoms with E-state index in [-0.39, 0.29) is 18.1 Å². The van der Waals surface area contributed by atoms with Crippen LogP contribution in [-0.4, -0.2) is 16.7 Å². The fourth-order valence-electron chi connectivity index (χ4n) is 1.02. The Bertz CT molecular complexity index is 361. The van der Waals surface area contributed by atoms with Crippen molar-refractivity contribution < 1.29 is 9.59 Å². The summed E-state index contributed by atoms with van der Waals surface area (Å²) in [4.78, 5) is 25.8. The minimum atomic E-state index is -0.320. The molecule has 0 aliphatic rings. The molecular weight excluding hydrogens is 180 g/mol. The predicted octanol–water partition coefficient (Wildman–Crippen LogP) is 1.31. The lowest BCUT2D eigenvalue weighted by molar-refractivity contribution is -0.124. The highest BCUT2D eigenvalue weighted by Crippen LogP contribution is 2.09. The third-order valence-electron chi connectivity index (χ3n) is 1.68. The Morgan fingerprint density at radius 1 is 1.50 bits per heavy atom. The molecule has 0 aliphatic carbocycles. The van der Waals surface area contributed by atoms with Crippen LogP contribution in [0.1, 0.15) is 18.9 Å². The van der Waals surface area contributed by atoms with E-state index in [1.807, 2.05) is 13.0 Å².